The fraction of sp³-hybridized carbons (Fsp3) is 0.700. The zero-order chi connectivity index (χ0) is 9.68. The lowest BCUT2D eigenvalue weighted by Crippen LogP contribution is -2.03. The third-order valence-corrected chi connectivity index (χ3v) is 2.07. The van der Waals surface area contributed by atoms with E-state index < -0.39 is 0 Å². The molecule has 13 heavy (non-hydrogen) atoms. The molecule has 0 saturated carbocycles. The number of nitrogens with one attached hydrogen (secondary N) is 1. The highest BCUT2D eigenvalue weighted by Gasteiger charge is 2.05. The van der Waals surface area contributed by atoms with Crippen LogP contribution in [0.1, 0.15) is 31.5 Å². The van der Waals surface area contributed by atoms with E-state index in [1.165, 1.54) is 11.3 Å². The molecule has 0 spiro atoms. The van der Waals surface area contributed by atoms with Crippen molar-refractivity contribution in [3.8, 4) is 0 Å². The summed E-state index contributed by atoms with van der Waals surface area (Å²) in [6, 6.07) is 0. The smallest absolute Gasteiger partial charge is 0.0522 e. The van der Waals surface area contributed by atoms with Crippen molar-refractivity contribution in [3.05, 3.63) is 17.5 Å². The Labute approximate surface area is 79.7 Å². The van der Waals surface area contributed by atoms with Crippen LogP contribution in [0.15, 0.2) is 6.20 Å². The number of rotatable bonds is 5. The monoisotopic (exact) mass is 181 g/mol. The van der Waals surface area contributed by atoms with E-state index in [9.17, 15) is 0 Å². The van der Waals surface area contributed by atoms with Crippen LogP contribution in [0.4, 0.5) is 0 Å². The predicted octanol–water partition coefficient (Wildman–Crippen LogP) is 1.50. The van der Waals surface area contributed by atoms with Gasteiger partial charge in [0.25, 0.3) is 0 Å². The van der Waals surface area contributed by atoms with E-state index in [1.807, 2.05) is 6.20 Å². The van der Waals surface area contributed by atoms with Gasteiger partial charge in [-0.25, -0.2) is 0 Å². The van der Waals surface area contributed by atoms with Crippen LogP contribution in [-0.2, 0) is 12.8 Å². The highest BCUT2D eigenvalue weighted by Crippen LogP contribution is 2.12. The standard InChI is InChI=1S/C10H19N3/c1-8(2)6-9-7-12-13-10(9)4-3-5-11/h7-8H,3-6,11H2,1-2H3,(H,12,13). The molecule has 3 nitrogen and oxygen atoms in total. The van der Waals surface area contributed by atoms with Gasteiger partial charge in [0, 0.05) is 5.69 Å². The minimum absolute atomic E-state index is 0.689. The molecule has 0 amide bonds. The first-order valence-corrected chi connectivity index (χ1v) is 4.95. The Morgan fingerprint density at radius 2 is 2.31 bits per heavy atom. The molecule has 0 saturated heterocycles. The van der Waals surface area contributed by atoms with Gasteiger partial charge in [-0.05, 0) is 37.3 Å². The number of aromatic nitrogens is 2. The topological polar surface area (TPSA) is 54.7 Å². The van der Waals surface area contributed by atoms with E-state index in [0.717, 1.165) is 25.8 Å². The van der Waals surface area contributed by atoms with Crippen molar-refractivity contribution in [1.29, 1.82) is 0 Å². The summed E-state index contributed by atoms with van der Waals surface area (Å²) in [5, 5.41) is 7.10. The lowest BCUT2D eigenvalue weighted by atomic mass is 10.0. The lowest BCUT2D eigenvalue weighted by Gasteiger charge is -2.04. The maximum absolute atomic E-state index is 5.46. The van der Waals surface area contributed by atoms with Gasteiger partial charge in [0.05, 0.1) is 6.20 Å². The van der Waals surface area contributed by atoms with Crippen molar-refractivity contribution < 1.29 is 0 Å². The Balaban J connectivity index is 2.55. The molecule has 1 aromatic rings. The van der Waals surface area contributed by atoms with E-state index >= 15 is 0 Å². The number of aryl methyl sites for hydroxylation is 1. The number of hydrogen-bond acceptors (Lipinski definition) is 2. The molecular weight excluding hydrogens is 162 g/mol. The van der Waals surface area contributed by atoms with Crippen LogP contribution in [0.3, 0.4) is 0 Å². The van der Waals surface area contributed by atoms with Crippen LogP contribution >= 0.6 is 0 Å². The minimum Gasteiger partial charge on any atom is -0.330 e. The normalized spacial score (nSPS) is 11.1. The van der Waals surface area contributed by atoms with Gasteiger partial charge in [0.1, 0.15) is 0 Å². The Bertz CT molecular complexity index is 240. The third kappa shape index (κ3) is 3.19. The number of nitrogens with two attached hydrogens (primary N) is 1. The Hall–Kier alpha value is -0.830. The molecule has 0 aliphatic rings. The molecule has 0 aliphatic heterocycles. The van der Waals surface area contributed by atoms with Gasteiger partial charge in [-0.2, -0.15) is 5.10 Å². The number of nitrogens with zero attached hydrogens (tertiary/aromatic N) is 1. The highest BCUT2D eigenvalue weighted by atomic mass is 15.1. The summed E-state index contributed by atoms with van der Waals surface area (Å²) in [5.74, 6) is 0.689. The van der Waals surface area contributed by atoms with Crippen LogP contribution in [0.5, 0.6) is 0 Å². The predicted molar refractivity (Wildman–Crippen MR) is 54.5 cm³/mol. The Morgan fingerprint density at radius 3 is 2.92 bits per heavy atom. The molecule has 3 N–H and O–H groups in total. The molecule has 0 unspecified atom stereocenters. The molecule has 0 aliphatic carbocycles. The lowest BCUT2D eigenvalue weighted by molar-refractivity contribution is 0.640. The summed E-state index contributed by atoms with van der Waals surface area (Å²) in [7, 11) is 0. The Kier molecular flexibility index (Phi) is 3.96. The van der Waals surface area contributed by atoms with Gasteiger partial charge in [0.15, 0.2) is 0 Å². The van der Waals surface area contributed by atoms with Gasteiger partial charge < -0.3 is 5.73 Å². The quantitative estimate of drug-likeness (QED) is 0.723. The second-order valence-electron chi connectivity index (χ2n) is 3.86. The average molecular weight is 181 g/mol. The average Bonchev–Trinajstić information content (AvgIpc) is 2.48. The number of aromatic amines is 1. The van der Waals surface area contributed by atoms with E-state index in [-0.39, 0.29) is 0 Å². The molecule has 1 heterocycles. The third-order valence-electron chi connectivity index (χ3n) is 2.07. The molecule has 3 heteroatoms. The van der Waals surface area contributed by atoms with Crippen LogP contribution in [0.2, 0.25) is 0 Å². The van der Waals surface area contributed by atoms with Crippen molar-refractivity contribution in [2.24, 2.45) is 11.7 Å². The van der Waals surface area contributed by atoms with Crippen molar-refractivity contribution >= 4 is 0 Å². The van der Waals surface area contributed by atoms with Crippen molar-refractivity contribution in [3.63, 3.8) is 0 Å². The van der Waals surface area contributed by atoms with Gasteiger partial charge in [0.2, 0.25) is 0 Å². The molecule has 0 bridgehead atoms. The summed E-state index contributed by atoms with van der Waals surface area (Å²) in [5.41, 5.74) is 8.08. The zero-order valence-electron chi connectivity index (χ0n) is 8.51. The van der Waals surface area contributed by atoms with Gasteiger partial charge in [-0.1, -0.05) is 13.8 Å². The molecule has 0 aromatic carbocycles. The summed E-state index contributed by atoms with van der Waals surface area (Å²) >= 11 is 0. The van der Waals surface area contributed by atoms with E-state index in [2.05, 4.69) is 24.0 Å². The van der Waals surface area contributed by atoms with Crippen LogP contribution in [-0.4, -0.2) is 16.7 Å². The molecule has 0 atom stereocenters. The second kappa shape index (κ2) is 5.02. The van der Waals surface area contributed by atoms with Gasteiger partial charge in [-0.3, -0.25) is 5.10 Å². The summed E-state index contributed by atoms with van der Waals surface area (Å²) in [6.07, 6.45) is 5.11. The second-order valence-corrected chi connectivity index (χ2v) is 3.86. The Morgan fingerprint density at radius 1 is 1.54 bits per heavy atom. The van der Waals surface area contributed by atoms with E-state index in [1.54, 1.807) is 0 Å². The summed E-state index contributed by atoms with van der Waals surface area (Å²) in [4.78, 5) is 0. The number of hydrogen-bond donors (Lipinski definition) is 2. The first-order chi connectivity index (χ1) is 6.24. The molecular formula is C10H19N3. The molecule has 1 rings (SSSR count). The maximum atomic E-state index is 5.46. The highest BCUT2D eigenvalue weighted by molar-refractivity contribution is 5.16. The number of H-pyrrole nitrogens is 1. The molecule has 74 valence electrons. The SMILES string of the molecule is CC(C)Cc1cn[nH]c1CCCN. The van der Waals surface area contributed by atoms with Crippen molar-refractivity contribution in [1.82, 2.24) is 10.2 Å². The van der Waals surface area contributed by atoms with Crippen LogP contribution in [0, 0.1) is 5.92 Å². The summed E-state index contributed by atoms with van der Waals surface area (Å²) in [6.45, 7) is 5.19. The van der Waals surface area contributed by atoms with E-state index in [4.69, 9.17) is 5.73 Å². The van der Waals surface area contributed by atoms with E-state index in [0.29, 0.717) is 5.92 Å². The van der Waals surface area contributed by atoms with Crippen LogP contribution < -0.4 is 5.73 Å². The largest absolute Gasteiger partial charge is 0.330 e. The summed E-state index contributed by atoms with van der Waals surface area (Å²) < 4.78 is 0. The van der Waals surface area contributed by atoms with Crippen molar-refractivity contribution in [2.45, 2.75) is 33.1 Å². The van der Waals surface area contributed by atoms with Gasteiger partial charge in [-0.15, -0.1) is 0 Å². The molecule has 1 aromatic heterocycles. The van der Waals surface area contributed by atoms with Gasteiger partial charge >= 0.3 is 0 Å². The fourth-order valence-corrected chi connectivity index (χ4v) is 1.45. The zero-order valence-corrected chi connectivity index (χ0v) is 8.51. The molecule has 0 fully saturated rings. The fourth-order valence-electron chi connectivity index (χ4n) is 1.45. The first kappa shape index (κ1) is 10.3. The maximum Gasteiger partial charge on any atom is 0.0522 e. The molecule has 0 radical (unpaired) electrons. The first-order valence-electron chi connectivity index (χ1n) is 4.95. The van der Waals surface area contributed by atoms with Crippen LogP contribution in [0.25, 0.3) is 0 Å². The van der Waals surface area contributed by atoms with Crippen molar-refractivity contribution in [2.75, 3.05) is 6.54 Å². The minimum atomic E-state index is 0.689.